The average Bonchev–Trinajstić information content (AvgIpc) is 2.48. The molecule has 0 bridgehead atoms. The van der Waals surface area contributed by atoms with Gasteiger partial charge in [-0.05, 0) is 18.7 Å². The molecule has 2 aromatic rings. The van der Waals surface area contributed by atoms with E-state index in [4.69, 9.17) is 39.5 Å². The minimum Gasteiger partial charge on any atom is -0.487 e. The predicted molar refractivity (Wildman–Crippen MR) is 89.6 cm³/mol. The van der Waals surface area contributed by atoms with Gasteiger partial charge in [-0.1, -0.05) is 66.0 Å². The van der Waals surface area contributed by atoms with Crippen molar-refractivity contribution in [2.45, 2.75) is 20.1 Å². The molecule has 0 aliphatic rings. The van der Waals surface area contributed by atoms with E-state index < -0.39 is 0 Å². The van der Waals surface area contributed by atoms with E-state index >= 15 is 0 Å². The molecule has 0 amide bonds. The van der Waals surface area contributed by atoms with E-state index in [1.165, 1.54) is 0 Å². The summed E-state index contributed by atoms with van der Waals surface area (Å²) in [5.41, 5.74) is 1.85. The second-order valence-electron chi connectivity index (χ2n) is 4.51. The van der Waals surface area contributed by atoms with Gasteiger partial charge in [-0.2, -0.15) is 0 Å². The van der Waals surface area contributed by atoms with E-state index in [9.17, 15) is 0 Å². The first-order chi connectivity index (χ1) is 10.1. The van der Waals surface area contributed by atoms with Crippen LogP contribution in [0.25, 0.3) is 0 Å². The molecular formula is C16H16Cl3NO. The zero-order chi connectivity index (χ0) is 15.2. The molecule has 112 valence electrons. The van der Waals surface area contributed by atoms with Crippen molar-refractivity contribution in [3.63, 3.8) is 0 Å². The van der Waals surface area contributed by atoms with E-state index in [0.29, 0.717) is 34.0 Å². The van der Waals surface area contributed by atoms with Crippen LogP contribution in [0.4, 0.5) is 0 Å². The zero-order valence-corrected chi connectivity index (χ0v) is 13.9. The number of nitrogens with one attached hydrogen (secondary N) is 1. The Balaban J connectivity index is 2.17. The summed E-state index contributed by atoms with van der Waals surface area (Å²) in [7, 11) is 0. The standard InChI is InChI=1S/C16H16Cl3NO/c1-2-20-9-11-5-3-8-14(18)16(11)21-10-12-6-4-7-13(17)15(12)19/h3-8,20H,2,9-10H2,1H3. The number of hydrogen-bond acceptors (Lipinski definition) is 2. The van der Waals surface area contributed by atoms with Crippen molar-refractivity contribution in [2.75, 3.05) is 6.54 Å². The molecule has 0 unspecified atom stereocenters. The summed E-state index contributed by atoms with van der Waals surface area (Å²) in [6.07, 6.45) is 0. The van der Waals surface area contributed by atoms with Crippen LogP contribution in [0.5, 0.6) is 5.75 Å². The first-order valence-electron chi connectivity index (χ1n) is 6.67. The lowest BCUT2D eigenvalue weighted by Crippen LogP contribution is -2.13. The van der Waals surface area contributed by atoms with Crippen molar-refractivity contribution in [3.8, 4) is 5.75 Å². The van der Waals surface area contributed by atoms with Crippen molar-refractivity contribution in [2.24, 2.45) is 0 Å². The minimum absolute atomic E-state index is 0.322. The monoisotopic (exact) mass is 343 g/mol. The van der Waals surface area contributed by atoms with Crippen LogP contribution in [0.3, 0.4) is 0 Å². The Kier molecular flexibility index (Phi) is 6.19. The molecule has 0 heterocycles. The van der Waals surface area contributed by atoms with Gasteiger partial charge in [-0.15, -0.1) is 0 Å². The summed E-state index contributed by atoms with van der Waals surface area (Å²) in [4.78, 5) is 0. The van der Waals surface area contributed by atoms with E-state index in [2.05, 4.69) is 12.2 Å². The highest BCUT2D eigenvalue weighted by atomic mass is 35.5. The molecule has 0 aromatic heterocycles. The number of para-hydroxylation sites is 1. The summed E-state index contributed by atoms with van der Waals surface area (Å²) in [6.45, 7) is 3.96. The lowest BCUT2D eigenvalue weighted by atomic mass is 10.2. The highest BCUT2D eigenvalue weighted by Crippen LogP contribution is 2.31. The number of hydrogen-bond donors (Lipinski definition) is 1. The van der Waals surface area contributed by atoms with Crippen LogP contribution in [-0.4, -0.2) is 6.54 Å². The number of benzene rings is 2. The number of ether oxygens (including phenoxy) is 1. The Bertz CT molecular complexity index is 616. The molecule has 21 heavy (non-hydrogen) atoms. The largest absolute Gasteiger partial charge is 0.487 e. The highest BCUT2D eigenvalue weighted by molar-refractivity contribution is 6.42. The van der Waals surface area contributed by atoms with Crippen LogP contribution >= 0.6 is 34.8 Å². The summed E-state index contributed by atoms with van der Waals surface area (Å²) >= 11 is 18.4. The smallest absolute Gasteiger partial charge is 0.142 e. The van der Waals surface area contributed by atoms with E-state index in [0.717, 1.165) is 17.7 Å². The highest BCUT2D eigenvalue weighted by Gasteiger charge is 2.10. The summed E-state index contributed by atoms with van der Waals surface area (Å²) in [5.74, 6) is 0.677. The lowest BCUT2D eigenvalue weighted by molar-refractivity contribution is 0.302. The van der Waals surface area contributed by atoms with Gasteiger partial charge in [0.25, 0.3) is 0 Å². The molecule has 0 spiro atoms. The second kappa shape index (κ2) is 7.90. The lowest BCUT2D eigenvalue weighted by Gasteiger charge is -2.14. The van der Waals surface area contributed by atoms with E-state index in [1.807, 2.05) is 30.3 Å². The van der Waals surface area contributed by atoms with Crippen molar-refractivity contribution in [1.82, 2.24) is 5.32 Å². The molecule has 0 radical (unpaired) electrons. The van der Waals surface area contributed by atoms with Crippen LogP contribution < -0.4 is 10.1 Å². The van der Waals surface area contributed by atoms with Crippen LogP contribution in [0.15, 0.2) is 36.4 Å². The van der Waals surface area contributed by atoms with Crippen LogP contribution in [0.1, 0.15) is 18.1 Å². The van der Waals surface area contributed by atoms with Crippen LogP contribution in [-0.2, 0) is 13.2 Å². The summed E-state index contributed by atoms with van der Waals surface area (Å²) in [6, 6.07) is 11.2. The summed E-state index contributed by atoms with van der Waals surface area (Å²) in [5, 5.41) is 4.88. The van der Waals surface area contributed by atoms with Gasteiger partial charge in [0.1, 0.15) is 12.4 Å². The van der Waals surface area contributed by atoms with Gasteiger partial charge in [-0.25, -0.2) is 0 Å². The van der Waals surface area contributed by atoms with Gasteiger partial charge in [0, 0.05) is 17.7 Å². The van der Waals surface area contributed by atoms with Gasteiger partial charge < -0.3 is 10.1 Å². The van der Waals surface area contributed by atoms with Gasteiger partial charge in [-0.3, -0.25) is 0 Å². The SMILES string of the molecule is CCNCc1cccc(Cl)c1OCc1cccc(Cl)c1Cl. The Labute approximate surface area is 140 Å². The van der Waals surface area contributed by atoms with E-state index in [-0.39, 0.29) is 0 Å². The van der Waals surface area contributed by atoms with Crippen molar-refractivity contribution >= 4 is 34.8 Å². The van der Waals surface area contributed by atoms with Crippen LogP contribution in [0, 0.1) is 0 Å². The number of rotatable bonds is 6. The molecule has 0 aliphatic heterocycles. The average molecular weight is 345 g/mol. The molecule has 2 aromatic carbocycles. The quantitative estimate of drug-likeness (QED) is 0.764. The molecular weight excluding hydrogens is 329 g/mol. The van der Waals surface area contributed by atoms with Crippen molar-refractivity contribution < 1.29 is 4.74 Å². The maximum Gasteiger partial charge on any atom is 0.142 e. The normalized spacial score (nSPS) is 10.7. The first kappa shape index (κ1) is 16.4. The molecule has 5 heteroatoms. The molecule has 0 aliphatic carbocycles. The maximum absolute atomic E-state index is 6.23. The Morgan fingerprint density at radius 2 is 1.62 bits per heavy atom. The van der Waals surface area contributed by atoms with Gasteiger partial charge in [0.15, 0.2) is 0 Å². The minimum atomic E-state index is 0.322. The Morgan fingerprint density at radius 3 is 2.33 bits per heavy atom. The van der Waals surface area contributed by atoms with Gasteiger partial charge in [0.05, 0.1) is 15.1 Å². The third-order valence-corrected chi connectivity index (χ3v) is 4.17. The van der Waals surface area contributed by atoms with Crippen molar-refractivity contribution in [3.05, 3.63) is 62.6 Å². The fourth-order valence-electron chi connectivity index (χ4n) is 1.92. The Morgan fingerprint density at radius 1 is 0.952 bits per heavy atom. The molecule has 2 rings (SSSR count). The topological polar surface area (TPSA) is 21.3 Å². The molecule has 2 nitrogen and oxygen atoms in total. The van der Waals surface area contributed by atoms with Crippen molar-refractivity contribution in [1.29, 1.82) is 0 Å². The van der Waals surface area contributed by atoms with Crippen LogP contribution in [0.2, 0.25) is 15.1 Å². The fraction of sp³-hybridized carbons (Fsp3) is 0.250. The zero-order valence-electron chi connectivity index (χ0n) is 11.6. The third-order valence-electron chi connectivity index (χ3n) is 3.02. The molecule has 0 saturated heterocycles. The molecule has 0 saturated carbocycles. The molecule has 0 fully saturated rings. The fourth-order valence-corrected chi connectivity index (χ4v) is 2.55. The summed E-state index contributed by atoms with van der Waals surface area (Å²) < 4.78 is 5.87. The maximum atomic E-state index is 6.23. The number of halogens is 3. The Hall–Kier alpha value is -0.930. The molecule has 1 N–H and O–H groups in total. The van der Waals surface area contributed by atoms with Gasteiger partial charge in [0.2, 0.25) is 0 Å². The van der Waals surface area contributed by atoms with E-state index in [1.54, 1.807) is 6.07 Å². The van der Waals surface area contributed by atoms with Gasteiger partial charge >= 0.3 is 0 Å². The molecule has 0 atom stereocenters. The second-order valence-corrected chi connectivity index (χ2v) is 5.70. The first-order valence-corrected chi connectivity index (χ1v) is 7.80. The predicted octanol–water partition coefficient (Wildman–Crippen LogP) is 5.34. The third kappa shape index (κ3) is 4.27.